The summed E-state index contributed by atoms with van der Waals surface area (Å²) in [6.45, 7) is 3.47. The number of nitrogens with zero attached hydrogens (tertiary/aromatic N) is 3. The van der Waals surface area contributed by atoms with Crippen LogP contribution in [-0.2, 0) is 6.54 Å². The van der Waals surface area contributed by atoms with Gasteiger partial charge in [0.05, 0.1) is 6.54 Å². The number of hydrogen-bond acceptors (Lipinski definition) is 5. The van der Waals surface area contributed by atoms with Gasteiger partial charge in [-0.2, -0.15) is 0 Å². The second kappa shape index (κ2) is 5.13. The van der Waals surface area contributed by atoms with Crippen molar-refractivity contribution in [2.45, 2.75) is 45.1 Å². The smallest absolute Gasteiger partial charge is 0.205 e. The van der Waals surface area contributed by atoms with E-state index in [4.69, 9.17) is 0 Å². The van der Waals surface area contributed by atoms with Gasteiger partial charge in [-0.3, -0.25) is 4.90 Å². The van der Waals surface area contributed by atoms with Crippen molar-refractivity contribution in [1.29, 1.82) is 0 Å². The molecule has 18 heavy (non-hydrogen) atoms. The summed E-state index contributed by atoms with van der Waals surface area (Å²) in [6, 6.07) is 0. The van der Waals surface area contributed by atoms with E-state index >= 15 is 0 Å². The highest BCUT2D eigenvalue weighted by molar-refractivity contribution is 7.15. The average molecular weight is 266 g/mol. The van der Waals surface area contributed by atoms with E-state index in [1.54, 1.807) is 11.3 Å². The minimum absolute atomic E-state index is 0.716. The second-order valence-corrected chi connectivity index (χ2v) is 6.80. The first-order valence-corrected chi connectivity index (χ1v) is 7.84. The number of anilines is 1. The average Bonchev–Trinajstić information content (AvgIpc) is 3.02. The molecule has 100 valence electrons. The Kier molecular flexibility index (Phi) is 3.52. The van der Waals surface area contributed by atoms with Gasteiger partial charge in [0.2, 0.25) is 5.13 Å². The molecule has 2 aliphatic rings. The third-order valence-corrected chi connectivity index (χ3v) is 5.55. The third-order valence-electron chi connectivity index (χ3n) is 4.62. The Hall–Kier alpha value is -0.680. The Morgan fingerprint density at radius 3 is 2.50 bits per heavy atom. The summed E-state index contributed by atoms with van der Waals surface area (Å²) in [4.78, 5) is 2.55. The van der Waals surface area contributed by atoms with E-state index in [0.29, 0.717) is 5.41 Å². The van der Waals surface area contributed by atoms with Crippen LogP contribution in [0.5, 0.6) is 0 Å². The number of likely N-dealkylation sites (tertiary alicyclic amines) is 1. The van der Waals surface area contributed by atoms with Crippen LogP contribution in [0, 0.1) is 5.41 Å². The molecular weight excluding hydrogens is 244 g/mol. The zero-order valence-corrected chi connectivity index (χ0v) is 11.9. The highest BCUT2D eigenvalue weighted by atomic mass is 32.1. The van der Waals surface area contributed by atoms with Crippen LogP contribution in [0.4, 0.5) is 5.13 Å². The molecule has 1 saturated carbocycles. The number of hydrogen-bond donors (Lipinski definition) is 1. The Labute approximate surface area is 113 Å². The lowest BCUT2D eigenvalue weighted by molar-refractivity contribution is 0.103. The quantitative estimate of drug-likeness (QED) is 0.913. The Morgan fingerprint density at radius 2 is 1.89 bits per heavy atom. The topological polar surface area (TPSA) is 41.1 Å². The molecule has 0 bridgehead atoms. The monoisotopic (exact) mass is 266 g/mol. The van der Waals surface area contributed by atoms with Crippen LogP contribution in [0.2, 0.25) is 0 Å². The van der Waals surface area contributed by atoms with E-state index in [-0.39, 0.29) is 0 Å². The molecule has 0 unspecified atom stereocenters. The Morgan fingerprint density at radius 1 is 1.17 bits per heavy atom. The van der Waals surface area contributed by atoms with Crippen LogP contribution >= 0.6 is 11.3 Å². The number of nitrogens with one attached hydrogen (secondary N) is 1. The van der Waals surface area contributed by atoms with Crippen LogP contribution in [0.3, 0.4) is 0 Å². The molecule has 1 saturated heterocycles. The van der Waals surface area contributed by atoms with Gasteiger partial charge in [0.25, 0.3) is 0 Å². The minimum Gasteiger partial charge on any atom is -0.363 e. The van der Waals surface area contributed by atoms with Gasteiger partial charge in [0.1, 0.15) is 5.01 Å². The van der Waals surface area contributed by atoms with Crippen molar-refractivity contribution in [3.8, 4) is 0 Å². The highest BCUT2D eigenvalue weighted by Crippen LogP contribution is 2.46. The lowest BCUT2D eigenvalue weighted by Gasteiger charge is -2.39. The highest BCUT2D eigenvalue weighted by Gasteiger charge is 2.36. The van der Waals surface area contributed by atoms with E-state index in [0.717, 1.165) is 16.7 Å². The van der Waals surface area contributed by atoms with Gasteiger partial charge in [-0.05, 0) is 44.2 Å². The lowest BCUT2D eigenvalue weighted by Crippen LogP contribution is -2.38. The van der Waals surface area contributed by atoms with Gasteiger partial charge in [0.15, 0.2) is 0 Å². The molecule has 1 aromatic heterocycles. The first-order chi connectivity index (χ1) is 8.80. The summed E-state index contributed by atoms with van der Waals surface area (Å²) in [5.74, 6) is 0. The normalized spacial score (nSPS) is 23.6. The maximum absolute atomic E-state index is 4.23. The van der Waals surface area contributed by atoms with Crippen molar-refractivity contribution in [3.63, 3.8) is 0 Å². The van der Waals surface area contributed by atoms with E-state index in [1.165, 1.54) is 51.6 Å². The standard InChI is InChI=1S/C13H22N4S/c1-14-12-16-15-11(18-12)10-17-8-6-13(7-9-17)4-2-3-5-13/h2-10H2,1H3,(H,14,16). The van der Waals surface area contributed by atoms with Crippen LogP contribution in [0.1, 0.15) is 43.5 Å². The van der Waals surface area contributed by atoms with Crippen molar-refractivity contribution in [3.05, 3.63) is 5.01 Å². The van der Waals surface area contributed by atoms with E-state index < -0.39 is 0 Å². The van der Waals surface area contributed by atoms with E-state index in [2.05, 4.69) is 20.4 Å². The van der Waals surface area contributed by atoms with Crippen LogP contribution in [-0.4, -0.2) is 35.2 Å². The molecule has 0 atom stereocenters. The molecule has 5 heteroatoms. The van der Waals surface area contributed by atoms with Gasteiger partial charge in [-0.1, -0.05) is 24.2 Å². The Balaban J connectivity index is 1.53. The summed E-state index contributed by atoms with van der Waals surface area (Å²) >= 11 is 1.68. The van der Waals surface area contributed by atoms with Gasteiger partial charge >= 0.3 is 0 Å². The second-order valence-electron chi connectivity index (χ2n) is 5.73. The van der Waals surface area contributed by atoms with Crippen molar-refractivity contribution < 1.29 is 0 Å². The maximum Gasteiger partial charge on any atom is 0.205 e. The van der Waals surface area contributed by atoms with Crippen molar-refractivity contribution in [2.75, 3.05) is 25.5 Å². The summed E-state index contributed by atoms with van der Waals surface area (Å²) in [5, 5.41) is 13.5. The van der Waals surface area contributed by atoms with Crippen molar-refractivity contribution in [1.82, 2.24) is 15.1 Å². The molecule has 4 nitrogen and oxygen atoms in total. The van der Waals surface area contributed by atoms with Crippen LogP contribution < -0.4 is 5.32 Å². The Bertz CT molecular complexity index is 387. The number of rotatable bonds is 3. The number of aromatic nitrogens is 2. The van der Waals surface area contributed by atoms with Gasteiger partial charge < -0.3 is 5.32 Å². The fourth-order valence-electron chi connectivity index (χ4n) is 3.42. The maximum atomic E-state index is 4.23. The first kappa shape index (κ1) is 12.4. The molecule has 2 heterocycles. The molecule has 0 amide bonds. The molecule has 1 N–H and O–H groups in total. The molecule has 2 fully saturated rings. The van der Waals surface area contributed by atoms with E-state index in [9.17, 15) is 0 Å². The lowest BCUT2D eigenvalue weighted by atomic mass is 9.77. The number of piperidine rings is 1. The molecule has 1 aliphatic heterocycles. The van der Waals surface area contributed by atoms with E-state index in [1.807, 2.05) is 7.05 Å². The molecule has 0 aromatic carbocycles. The minimum atomic E-state index is 0.716. The van der Waals surface area contributed by atoms with Crippen molar-refractivity contribution in [2.24, 2.45) is 5.41 Å². The predicted octanol–water partition coefficient (Wildman–Crippen LogP) is 2.74. The fourth-order valence-corrected chi connectivity index (χ4v) is 4.16. The van der Waals surface area contributed by atoms with Gasteiger partial charge in [0, 0.05) is 7.05 Å². The zero-order valence-electron chi connectivity index (χ0n) is 11.1. The largest absolute Gasteiger partial charge is 0.363 e. The summed E-state index contributed by atoms with van der Waals surface area (Å²) < 4.78 is 0. The zero-order chi connectivity index (χ0) is 12.4. The fraction of sp³-hybridized carbons (Fsp3) is 0.846. The molecule has 3 rings (SSSR count). The molecule has 1 spiro atoms. The first-order valence-electron chi connectivity index (χ1n) is 7.02. The van der Waals surface area contributed by atoms with Gasteiger partial charge in [-0.25, -0.2) is 0 Å². The van der Waals surface area contributed by atoms with Crippen LogP contribution in [0.15, 0.2) is 0 Å². The summed E-state index contributed by atoms with van der Waals surface area (Å²) in [7, 11) is 1.90. The molecular formula is C13H22N4S. The SMILES string of the molecule is CNc1nnc(CN2CCC3(CCCC3)CC2)s1. The predicted molar refractivity (Wildman–Crippen MR) is 74.9 cm³/mol. The summed E-state index contributed by atoms with van der Waals surface area (Å²) in [6.07, 6.45) is 8.66. The van der Waals surface area contributed by atoms with Crippen molar-refractivity contribution >= 4 is 16.5 Å². The molecule has 1 aromatic rings. The molecule has 0 radical (unpaired) electrons. The summed E-state index contributed by atoms with van der Waals surface area (Å²) in [5.41, 5.74) is 0.716. The third kappa shape index (κ3) is 2.52. The molecule has 1 aliphatic carbocycles. The van der Waals surface area contributed by atoms with Gasteiger partial charge in [-0.15, -0.1) is 10.2 Å². The van der Waals surface area contributed by atoms with Crippen LogP contribution in [0.25, 0.3) is 0 Å².